The number of carbonyl (C=O) groups excluding carboxylic acids is 1. The van der Waals surface area contributed by atoms with E-state index in [2.05, 4.69) is 0 Å². The highest BCUT2D eigenvalue weighted by molar-refractivity contribution is 5.85. The summed E-state index contributed by atoms with van der Waals surface area (Å²) in [6.07, 6.45) is 0.266. The van der Waals surface area contributed by atoms with Crippen molar-refractivity contribution >= 4 is 18.4 Å². The van der Waals surface area contributed by atoms with Gasteiger partial charge in [0.1, 0.15) is 5.75 Å². The van der Waals surface area contributed by atoms with E-state index in [9.17, 15) is 4.79 Å². The monoisotopic (exact) mass is 218 g/mol. The van der Waals surface area contributed by atoms with E-state index in [4.69, 9.17) is 14.9 Å². The molecular weight excluding hydrogens is 208 g/mol. The number of ether oxygens (including phenoxy) is 1. The first-order valence-corrected chi connectivity index (χ1v) is 3.86. The second-order valence-corrected chi connectivity index (χ2v) is 2.48. The smallest absolute Gasteiger partial charge is 0.310 e. The molecule has 14 heavy (non-hydrogen) atoms. The molecule has 0 saturated heterocycles. The second-order valence-electron chi connectivity index (χ2n) is 2.48. The van der Waals surface area contributed by atoms with Gasteiger partial charge in [0.2, 0.25) is 0 Å². The predicted molar refractivity (Wildman–Crippen MR) is 52.9 cm³/mol. The molecule has 0 aliphatic carbocycles. The molecular formula is C9H11ClO4. The van der Waals surface area contributed by atoms with Gasteiger partial charge in [0.25, 0.3) is 0 Å². The summed E-state index contributed by atoms with van der Waals surface area (Å²) in [5.74, 6) is -0.704. The third kappa shape index (κ3) is 3.14. The Morgan fingerprint density at radius 2 is 2.00 bits per heavy atom. The van der Waals surface area contributed by atoms with E-state index in [1.54, 1.807) is 6.92 Å². The molecule has 0 aliphatic heterocycles. The molecule has 4 nitrogen and oxygen atoms in total. The van der Waals surface area contributed by atoms with Crippen LogP contribution in [-0.4, -0.2) is 16.2 Å². The fourth-order valence-corrected chi connectivity index (χ4v) is 0.770. The third-order valence-electron chi connectivity index (χ3n) is 1.47. The van der Waals surface area contributed by atoms with Crippen molar-refractivity contribution in [2.24, 2.45) is 0 Å². The fraction of sp³-hybridized carbons (Fsp3) is 0.222. The molecule has 0 unspecified atom stereocenters. The summed E-state index contributed by atoms with van der Waals surface area (Å²) in [6.45, 7) is 1.67. The van der Waals surface area contributed by atoms with Crippen LogP contribution in [0.2, 0.25) is 0 Å². The topological polar surface area (TPSA) is 66.8 Å². The maximum absolute atomic E-state index is 10.8. The lowest BCUT2D eigenvalue weighted by atomic mass is 10.3. The number of phenolic OH excluding ortho intramolecular Hbond substituents is 2. The van der Waals surface area contributed by atoms with Gasteiger partial charge in [-0.05, 0) is 12.1 Å². The average molecular weight is 219 g/mol. The number of phenols is 2. The maximum Gasteiger partial charge on any atom is 0.310 e. The number of aromatic hydroxyl groups is 2. The van der Waals surface area contributed by atoms with Crippen LogP contribution in [0, 0.1) is 0 Å². The lowest BCUT2D eigenvalue weighted by molar-refractivity contribution is -0.134. The molecule has 1 aromatic carbocycles. The zero-order chi connectivity index (χ0) is 9.84. The SMILES string of the molecule is CCC(=O)Oc1ccc(O)c(O)c1.Cl. The summed E-state index contributed by atoms with van der Waals surface area (Å²) in [4.78, 5) is 10.8. The summed E-state index contributed by atoms with van der Waals surface area (Å²) in [5, 5.41) is 18.0. The van der Waals surface area contributed by atoms with Gasteiger partial charge in [-0.2, -0.15) is 0 Å². The maximum atomic E-state index is 10.8. The zero-order valence-electron chi connectivity index (χ0n) is 7.56. The van der Waals surface area contributed by atoms with Crippen LogP contribution in [0.5, 0.6) is 17.2 Å². The van der Waals surface area contributed by atoms with Crippen molar-refractivity contribution in [1.29, 1.82) is 0 Å². The summed E-state index contributed by atoms with van der Waals surface area (Å²) in [6, 6.07) is 3.85. The molecule has 5 heteroatoms. The highest BCUT2D eigenvalue weighted by Gasteiger charge is 2.04. The molecule has 0 aliphatic rings. The average Bonchev–Trinajstić information content (AvgIpc) is 2.11. The Labute approximate surface area is 87.5 Å². The van der Waals surface area contributed by atoms with Gasteiger partial charge >= 0.3 is 5.97 Å². The molecule has 0 radical (unpaired) electrons. The van der Waals surface area contributed by atoms with Crippen molar-refractivity contribution in [3.8, 4) is 17.2 Å². The van der Waals surface area contributed by atoms with E-state index in [0.717, 1.165) is 0 Å². The Hall–Kier alpha value is -1.42. The highest BCUT2D eigenvalue weighted by atomic mass is 35.5. The molecule has 0 bridgehead atoms. The minimum atomic E-state index is -0.384. The number of esters is 1. The lowest BCUT2D eigenvalue weighted by Crippen LogP contribution is -2.05. The van der Waals surface area contributed by atoms with E-state index in [1.807, 2.05) is 0 Å². The Balaban J connectivity index is 0.00000169. The third-order valence-corrected chi connectivity index (χ3v) is 1.47. The molecule has 1 aromatic rings. The summed E-state index contributed by atoms with van der Waals surface area (Å²) in [7, 11) is 0. The number of carbonyl (C=O) groups is 1. The molecule has 0 saturated carbocycles. The van der Waals surface area contributed by atoms with Crippen LogP contribution in [0.4, 0.5) is 0 Å². The van der Waals surface area contributed by atoms with Gasteiger partial charge in [0.05, 0.1) is 0 Å². The van der Waals surface area contributed by atoms with Gasteiger partial charge in [-0.25, -0.2) is 0 Å². The number of rotatable bonds is 2. The van der Waals surface area contributed by atoms with Crippen LogP contribution >= 0.6 is 12.4 Å². The second kappa shape index (κ2) is 5.34. The Morgan fingerprint density at radius 1 is 1.36 bits per heavy atom. The summed E-state index contributed by atoms with van der Waals surface area (Å²) < 4.78 is 4.79. The van der Waals surface area contributed by atoms with Crippen molar-refractivity contribution in [2.45, 2.75) is 13.3 Å². The van der Waals surface area contributed by atoms with Crippen LogP contribution < -0.4 is 4.74 Å². The van der Waals surface area contributed by atoms with Crippen molar-refractivity contribution in [3.05, 3.63) is 18.2 Å². The highest BCUT2D eigenvalue weighted by Crippen LogP contribution is 2.28. The van der Waals surface area contributed by atoms with E-state index in [1.165, 1.54) is 18.2 Å². The fourth-order valence-electron chi connectivity index (χ4n) is 0.770. The summed E-state index contributed by atoms with van der Waals surface area (Å²) >= 11 is 0. The molecule has 1 rings (SSSR count). The number of benzene rings is 1. The van der Waals surface area contributed by atoms with Gasteiger partial charge in [-0.15, -0.1) is 12.4 Å². The number of halogens is 1. The van der Waals surface area contributed by atoms with E-state index >= 15 is 0 Å². The molecule has 0 atom stereocenters. The van der Waals surface area contributed by atoms with Crippen LogP contribution in [-0.2, 0) is 4.79 Å². The molecule has 78 valence electrons. The first-order valence-electron chi connectivity index (χ1n) is 3.86. The Morgan fingerprint density at radius 3 is 2.50 bits per heavy atom. The molecule has 0 aromatic heterocycles. The standard InChI is InChI=1S/C9H10O4.ClH/c1-2-9(12)13-6-3-4-7(10)8(11)5-6;/h3-5,10-11H,2H2,1H3;1H. The lowest BCUT2D eigenvalue weighted by Gasteiger charge is -2.03. The van der Waals surface area contributed by atoms with Crippen molar-refractivity contribution in [1.82, 2.24) is 0 Å². The Bertz CT molecular complexity index is 325. The van der Waals surface area contributed by atoms with Crippen LogP contribution in [0.1, 0.15) is 13.3 Å². The first kappa shape index (κ1) is 12.6. The van der Waals surface area contributed by atoms with Gasteiger partial charge in [-0.1, -0.05) is 6.92 Å². The number of hydrogen-bond donors (Lipinski definition) is 2. The van der Waals surface area contributed by atoms with Gasteiger partial charge in [-0.3, -0.25) is 4.79 Å². The first-order chi connectivity index (χ1) is 6.13. The van der Waals surface area contributed by atoms with Crippen molar-refractivity contribution in [3.63, 3.8) is 0 Å². The predicted octanol–water partition coefficient (Wildman–Crippen LogP) is 1.84. The zero-order valence-corrected chi connectivity index (χ0v) is 8.37. The minimum absolute atomic E-state index is 0. The van der Waals surface area contributed by atoms with Crippen molar-refractivity contribution in [2.75, 3.05) is 0 Å². The molecule has 0 fully saturated rings. The van der Waals surface area contributed by atoms with E-state index in [0.29, 0.717) is 0 Å². The van der Waals surface area contributed by atoms with Crippen LogP contribution in [0.15, 0.2) is 18.2 Å². The Kier molecular flexibility index (Phi) is 4.80. The minimum Gasteiger partial charge on any atom is -0.504 e. The van der Waals surface area contributed by atoms with Gasteiger partial charge < -0.3 is 14.9 Å². The largest absolute Gasteiger partial charge is 0.504 e. The molecule has 0 heterocycles. The quantitative estimate of drug-likeness (QED) is 0.452. The van der Waals surface area contributed by atoms with Crippen LogP contribution in [0.25, 0.3) is 0 Å². The molecule has 0 spiro atoms. The normalized spacial score (nSPS) is 8.93. The molecule has 2 N–H and O–H groups in total. The summed E-state index contributed by atoms with van der Waals surface area (Å²) in [5.41, 5.74) is 0. The van der Waals surface area contributed by atoms with Gasteiger partial charge in [0, 0.05) is 12.5 Å². The number of hydrogen-bond acceptors (Lipinski definition) is 4. The molecule has 0 amide bonds. The van der Waals surface area contributed by atoms with E-state index < -0.39 is 0 Å². The van der Waals surface area contributed by atoms with Crippen molar-refractivity contribution < 1.29 is 19.7 Å². The van der Waals surface area contributed by atoms with Crippen LogP contribution in [0.3, 0.4) is 0 Å². The van der Waals surface area contributed by atoms with E-state index in [-0.39, 0.29) is 42.0 Å². The van der Waals surface area contributed by atoms with Gasteiger partial charge in [0.15, 0.2) is 11.5 Å².